The molecule has 0 amide bonds. The summed E-state index contributed by atoms with van der Waals surface area (Å²) in [7, 11) is 0. The highest BCUT2D eigenvalue weighted by molar-refractivity contribution is 7.09. The van der Waals surface area contributed by atoms with Gasteiger partial charge in [0.1, 0.15) is 0 Å². The van der Waals surface area contributed by atoms with Crippen molar-refractivity contribution in [2.75, 3.05) is 19.7 Å². The second kappa shape index (κ2) is 7.43. The third kappa shape index (κ3) is 3.92. The molecule has 5 heteroatoms. The lowest BCUT2D eigenvalue weighted by molar-refractivity contribution is 0.218. The molecule has 1 fully saturated rings. The highest BCUT2D eigenvalue weighted by Crippen LogP contribution is 2.22. The standard InChI is InChI=1S/C13H21ClN2OS/c14-9-11-10-18-13(15-11)5-7-16-6-1-3-12(16)4-2-8-17/h10,12,17H,1-9H2. The van der Waals surface area contributed by atoms with Crippen molar-refractivity contribution >= 4 is 22.9 Å². The maximum atomic E-state index is 8.91. The molecule has 1 unspecified atom stereocenters. The number of hydrogen-bond acceptors (Lipinski definition) is 4. The summed E-state index contributed by atoms with van der Waals surface area (Å²) >= 11 is 7.47. The zero-order valence-corrected chi connectivity index (χ0v) is 12.2. The summed E-state index contributed by atoms with van der Waals surface area (Å²) in [6.45, 7) is 2.60. The molecule has 0 aromatic carbocycles. The number of likely N-dealkylation sites (tertiary alicyclic amines) is 1. The van der Waals surface area contributed by atoms with E-state index >= 15 is 0 Å². The highest BCUT2D eigenvalue weighted by atomic mass is 35.5. The SMILES string of the molecule is OCCCC1CCCN1CCc1nc(CCl)cs1. The Hall–Kier alpha value is -0.160. The lowest BCUT2D eigenvalue weighted by Gasteiger charge is -2.23. The molecule has 0 radical (unpaired) electrons. The Labute approximate surface area is 118 Å². The number of aliphatic hydroxyl groups excluding tert-OH is 1. The summed E-state index contributed by atoms with van der Waals surface area (Å²) < 4.78 is 0. The first-order valence-corrected chi connectivity index (χ1v) is 8.09. The molecule has 1 N–H and O–H groups in total. The number of aromatic nitrogens is 1. The van der Waals surface area contributed by atoms with Crippen LogP contribution in [0.1, 0.15) is 36.4 Å². The van der Waals surface area contributed by atoms with Crippen LogP contribution in [0.2, 0.25) is 0 Å². The topological polar surface area (TPSA) is 36.4 Å². The van der Waals surface area contributed by atoms with Gasteiger partial charge in [-0.25, -0.2) is 4.98 Å². The monoisotopic (exact) mass is 288 g/mol. The predicted molar refractivity (Wildman–Crippen MR) is 76.3 cm³/mol. The van der Waals surface area contributed by atoms with E-state index in [0.29, 0.717) is 18.5 Å². The number of alkyl halides is 1. The van der Waals surface area contributed by atoms with Crippen molar-refractivity contribution in [2.45, 2.75) is 44.0 Å². The van der Waals surface area contributed by atoms with Crippen LogP contribution in [-0.4, -0.2) is 40.7 Å². The van der Waals surface area contributed by atoms with Gasteiger partial charge < -0.3 is 5.11 Å². The molecule has 102 valence electrons. The summed E-state index contributed by atoms with van der Waals surface area (Å²) in [5, 5.41) is 12.2. The molecule has 2 heterocycles. The third-order valence-corrected chi connectivity index (χ3v) is 4.77. The van der Waals surface area contributed by atoms with E-state index in [0.717, 1.165) is 31.5 Å². The number of thiazole rings is 1. The van der Waals surface area contributed by atoms with E-state index in [2.05, 4.69) is 15.3 Å². The number of nitrogens with zero attached hydrogens (tertiary/aromatic N) is 2. The summed E-state index contributed by atoms with van der Waals surface area (Å²) in [6, 6.07) is 0.671. The molecular formula is C13H21ClN2OS. The Morgan fingerprint density at radius 3 is 3.17 bits per heavy atom. The predicted octanol–water partition coefficient (Wildman–Crippen LogP) is 2.66. The fourth-order valence-electron chi connectivity index (χ4n) is 2.61. The van der Waals surface area contributed by atoms with E-state index in [1.807, 2.05) is 0 Å². The number of aliphatic hydroxyl groups is 1. The van der Waals surface area contributed by atoms with Crippen molar-refractivity contribution in [2.24, 2.45) is 0 Å². The first kappa shape index (κ1) is 14.3. The van der Waals surface area contributed by atoms with Gasteiger partial charge >= 0.3 is 0 Å². The van der Waals surface area contributed by atoms with E-state index in [-0.39, 0.29) is 0 Å². The molecule has 1 aromatic rings. The van der Waals surface area contributed by atoms with Crippen LogP contribution in [0.15, 0.2) is 5.38 Å². The van der Waals surface area contributed by atoms with Gasteiger partial charge in [-0.2, -0.15) is 0 Å². The van der Waals surface area contributed by atoms with Crippen LogP contribution >= 0.6 is 22.9 Å². The van der Waals surface area contributed by atoms with E-state index in [4.69, 9.17) is 16.7 Å². The van der Waals surface area contributed by atoms with Crippen LogP contribution < -0.4 is 0 Å². The van der Waals surface area contributed by atoms with Crippen molar-refractivity contribution < 1.29 is 5.11 Å². The van der Waals surface area contributed by atoms with E-state index < -0.39 is 0 Å². The van der Waals surface area contributed by atoms with Gasteiger partial charge in [0.25, 0.3) is 0 Å². The van der Waals surface area contributed by atoms with Gasteiger partial charge in [0, 0.05) is 31.0 Å². The molecule has 0 bridgehead atoms. The van der Waals surface area contributed by atoms with Crippen molar-refractivity contribution in [1.82, 2.24) is 9.88 Å². The molecule has 1 aliphatic heterocycles. The minimum atomic E-state index is 0.315. The van der Waals surface area contributed by atoms with Gasteiger partial charge in [-0.1, -0.05) is 0 Å². The second-order valence-corrected chi connectivity index (χ2v) is 6.02. The van der Waals surface area contributed by atoms with Crippen molar-refractivity contribution in [3.05, 3.63) is 16.1 Å². The van der Waals surface area contributed by atoms with Gasteiger partial charge in [0.05, 0.1) is 16.6 Å². The van der Waals surface area contributed by atoms with E-state index in [9.17, 15) is 0 Å². The van der Waals surface area contributed by atoms with Gasteiger partial charge in [-0.3, -0.25) is 4.90 Å². The molecule has 0 saturated carbocycles. The molecule has 0 aliphatic carbocycles. The molecule has 1 aliphatic rings. The maximum Gasteiger partial charge on any atom is 0.0941 e. The van der Waals surface area contributed by atoms with Crippen molar-refractivity contribution in [3.8, 4) is 0 Å². The Morgan fingerprint density at radius 2 is 2.44 bits per heavy atom. The van der Waals surface area contributed by atoms with Gasteiger partial charge in [0.2, 0.25) is 0 Å². The number of rotatable bonds is 7. The van der Waals surface area contributed by atoms with Crippen LogP contribution in [0.3, 0.4) is 0 Å². The lowest BCUT2D eigenvalue weighted by Crippen LogP contribution is -2.31. The minimum Gasteiger partial charge on any atom is -0.396 e. The van der Waals surface area contributed by atoms with Crippen LogP contribution in [0, 0.1) is 0 Å². The largest absolute Gasteiger partial charge is 0.396 e. The van der Waals surface area contributed by atoms with Gasteiger partial charge in [0.15, 0.2) is 0 Å². The maximum absolute atomic E-state index is 8.91. The fraction of sp³-hybridized carbons (Fsp3) is 0.769. The zero-order chi connectivity index (χ0) is 12.8. The smallest absolute Gasteiger partial charge is 0.0941 e. The Morgan fingerprint density at radius 1 is 1.56 bits per heavy atom. The van der Waals surface area contributed by atoms with Gasteiger partial charge in [-0.15, -0.1) is 22.9 Å². The van der Waals surface area contributed by atoms with Gasteiger partial charge in [-0.05, 0) is 32.2 Å². The van der Waals surface area contributed by atoms with Crippen molar-refractivity contribution in [3.63, 3.8) is 0 Å². The summed E-state index contributed by atoms with van der Waals surface area (Å²) in [5.41, 5.74) is 0.995. The molecule has 1 saturated heterocycles. The van der Waals surface area contributed by atoms with Crippen LogP contribution in [0.4, 0.5) is 0 Å². The Kier molecular flexibility index (Phi) is 5.89. The summed E-state index contributed by atoms with van der Waals surface area (Å²) in [5.74, 6) is 0.513. The molecule has 0 spiro atoms. The van der Waals surface area contributed by atoms with Crippen LogP contribution in [0.25, 0.3) is 0 Å². The minimum absolute atomic E-state index is 0.315. The molecule has 1 aromatic heterocycles. The normalized spacial score (nSPS) is 20.7. The third-order valence-electron chi connectivity index (χ3n) is 3.54. The average Bonchev–Trinajstić information content (AvgIpc) is 3.02. The molecular weight excluding hydrogens is 268 g/mol. The summed E-state index contributed by atoms with van der Waals surface area (Å²) in [4.78, 5) is 7.05. The van der Waals surface area contributed by atoms with Crippen LogP contribution in [-0.2, 0) is 12.3 Å². The molecule has 18 heavy (non-hydrogen) atoms. The number of hydrogen-bond donors (Lipinski definition) is 1. The first-order chi connectivity index (χ1) is 8.83. The van der Waals surface area contributed by atoms with E-state index in [1.54, 1.807) is 11.3 Å². The molecule has 3 nitrogen and oxygen atoms in total. The van der Waals surface area contributed by atoms with E-state index in [1.165, 1.54) is 24.4 Å². The average molecular weight is 289 g/mol. The molecule has 2 rings (SSSR count). The summed E-state index contributed by atoms with van der Waals surface area (Å²) in [6.07, 6.45) is 5.65. The molecule has 1 atom stereocenters. The highest BCUT2D eigenvalue weighted by Gasteiger charge is 2.23. The van der Waals surface area contributed by atoms with Crippen LogP contribution in [0.5, 0.6) is 0 Å². The zero-order valence-electron chi connectivity index (χ0n) is 10.6. The second-order valence-electron chi connectivity index (χ2n) is 4.81. The number of halogens is 1. The quantitative estimate of drug-likeness (QED) is 0.784. The Balaban J connectivity index is 1.78. The van der Waals surface area contributed by atoms with Crippen molar-refractivity contribution in [1.29, 1.82) is 0 Å². The first-order valence-electron chi connectivity index (χ1n) is 6.67. The lowest BCUT2D eigenvalue weighted by atomic mass is 10.1. The fourth-order valence-corrected chi connectivity index (χ4v) is 3.62. The Bertz CT molecular complexity index is 359.